The Bertz CT molecular complexity index is 279. The van der Waals surface area contributed by atoms with Crippen LogP contribution in [0.15, 0.2) is 0 Å². The first-order chi connectivity index (χ1) is 8.63. The molecule has 0 radical (unpaired) electrons. The lowest BCUT2D eigenvalue weighted by atomic mass is 10.2. The van der Waals surface area contributed by atoms with Crippen LogP contribution >= 0.6 is 0 Å². The first-order valence-corrected chi connectivity index (χ1v) is 6.20. The molecule has 104 valence electrons. The Hall–Kier alpha value is -1.34. The van der Waals surface area contributed by atoms with Crippen molar-refractivity contribution < 1.29 is 19.4 Å². The zero-order valence-electron chi connectivity index (χ0n) is 10.6. The van der Waals surface area contributed by atoms with Gasteiger partial charge in [0.15, 0.2) is 0 Å². The minimum Gasteiger partial charge on any atom is -0.480 e. The Morgan fingerprint density at radius 2 is 2.06 bits per heavy atom. The van der Waals surface area contributed by atoms with Gasteiger partial charge in [0.2, 0.25) is 0 Å². The molecular formula is C11H21N3O4. The molecule has 0 aromatic rings. The fourth-order valence-electron chi connectivity index (χ4n) is 1.70. The summed E-state index contributed by atoms with van der Waals surface area (Å²) < 4.78 is 5.21. The van der Waals surface area contributed by atoms with Gasteiger partial charge in [-0.2, -0.15) is 0 Å². The van der Waals surface area contributed by atoms with Crippen LogP contribution < -0.4 is 10.6 Å². The van der Waals surface area contributed by atoms with Gasteiger partial charge >= 0.3 is 12.0 Å². The van der Waals surface area contributed by atoms with Crippen molar-refractivity contribution in [1.82, 2.24) is 15.5 Å². The van der Waals surface area contributed by atoms with Gasteiger partial charge in [-0.15, -0.1) is 0 Å². The zero-order chi connectivity index (χ0) is 13.4. The van der Waals surface area contributed by atoms with E-state index in [1.807, 2.05) is 0 Å². The number of ether oxygens (including phenoxy) is 1. The number of morpholine rings is 1. The van der Waals surface area contributed by atoms with Gasteiger partial charge < -0.3 is 20.5 Å². The summed E-state index contributed by atoms with van der Waals surface area (Å²) in [6.07, 6.45) is 0.367. The highest BCUT2D eigenvalue weighted by atomic mass is 16.5. The van der Waals surface area contributed by atoms with Crippen molar-refractivity contribution in [2.75, 3.05) is 39.4 Å². The minimum atomic E-state index is -1.01. The predicted molar refractivity (Wildman–Crippen MR) is 65.5 cm³/mol. The van der Waals surface area contributed by atoms with Gasteiger partial charge in [-0.25, -0.2) is 9.59 Å². The van der Waals surface area contributed by atoms with E-state index in [2.05, 4.69) is 15.5 Å². The topological polar surface area (TPSA) is 90.9 Å². The molecule has 18 heavy (non-hydrogen) atoms. The molecule has 1 heterocycles. The number of hydrogen-bond donors (Lipinski definition) is 3. The van der Waals surface area contributed by atoms with Crippen LogP contribution in [-0.2, 0) is 9.53 Å². The summed E-state index contributed by atoms with van der Waals surface area (Å²) in [4.78, 5) is 24.3. The molecular weight excluding hydrogens is 238 g/mol. The van der Waals surface area contributed by atoms with Crippen LogP contribution in [0.25, 0.3) is 0 Å². The number of aliphatic carboxylic acids is 1. The molecule has 0 spiro atoms. The number of carboxylic acids is 1. The predicted octanol–water partition coefficient (Wildman–Crippen LogP) is -0.519. The second kappa shape index (κ2) is 7.88. The Morgan fingerprint density at radius 3 is 2.61 bits per heavy atom. The maximum absolute atomic E-state index is 11.4. The van der Waals surface area contributed by atoms with E-state index in [-0.39, 0.29) is 0 Å². The van der Waals surface area contributed by atoms with Crippen LogP contribution in [0.3, 0.4) is 0 Å². The van der Waals surface area contributed by atoms with Gasteiger partial charge in [0.05, 0.1) is 13.2 Å². The third-order valence-electron chi connectivity index (χ3n) is 2.83. The molecule has 1 saturated heterocycles. The Balaban J connectivity index is 2.14. The van der Waals surface area contributed by atoms with E-state index >= 15 is 0 Å². The van der Waals surface area contributed by atoms with Crippen molar-refractivity contribution in [2.24, 2.45) is 0 Å². The smallest absolute Gasteiger partial charge is 0.326 e. The molecule has 0 saturated carbocycles. The van der Waals surface area contributed by atoms with Crippen LogP contribution in [0.4, 0.5) is 4.79 Å². The molecule has 7 heteroatoms. The molecule has 0 aromatic heterocycles. The number of hydrogen-bond acceptors (Lipinski definition) is 4. The van der Waals surface area contributed by atoms with Crippen molar-refractivity contribution in [3.63, 3.8) is 0 Å². The fourth-order valence-corrected chi connectivity index (χ4v) is 1.70. The van der Waals surface area contributed by atoms with E-state index in [0.29, 0.717) is 13.0 Å². The van der Waals surface area contributed by atoms with Crippen LogP contribution in [0.5, 0.6) is 0 Å². The number of carboxylic acid groups (broad SMARTS) is 1. The summed E-state index contributed by atoms with van der Waals surface area (Å²) in [6.45, 7) is 6.16. The second-order valence-corrected chi connectivity index (χ2v) is 4.15. The number of amides is 2. The number of urea groups is 1. The zero-order valence-corrected chi connectivity index (χ0v) is 10.6. The highest BCUT2D eigenvalue weighted by molar-refractivity contribution is 5.82. The van der Waals surface area contributed by atoms with E-state index in [4.69, 9.17) is 9.84 Å². The lowest BCUT2D eigenvalue weighted by Gasteiger charge is -2.26. The van der Waals surface area contributed by atoms with Gasteiger partial charge in [-0.3, -0.25) is 4.90 Å². The molecule has 1 unspecified atom stereocenters. The third kappa shape index (κ3) is 5.33. The van der Waals surface area contributed by atoms with E-state index in [1.54, 1.807) is 6.92 Å². The number of nitrogens with zero attached hydrogens (tertiary/aromatic N) is 1. The molecule has 0 aromatic carbocycles. The standard InChI is InChI=1S/C11H21N3O4/c1-2-9(10(15)16)13-11(17)12-3-4-14-5-7-18-8-6-14/h9H,2-8H2,1H3,(H,15,16)(H2,12,13,17). The van der Waals surface area contributed by atoms with Gasteiger partial charge in [0, 0.05) is 26.2 Å². The maximum atomic E-state index is 11.4. The summed E-state index contributed by atoms with van der Waals surface area (Å²) in [7, 11) is 0. The van der Waals surface area contributed by atoms with Crippen molar-refractivity contribution in [3.05, 3.63) is 0 Å². The van der Waals surface area contributed by atoms with Crippen LogP contribution in [0, 0.1) is 0 Å². The Labute approximate surface area is 106 Å². The molecule has 1 aliphatic heterocycles. The third-order valence-corrected chi connectivity index (χ3v) is 2.83. The summed E-state index contributed by atoms with van der Waals surface area (Å²) in [5.41, 5.74) is 0. The van der Waals surface area contributed by atoms with Crippen molar-refractivity contribution in [3.8, 4) is 0 Å². The maximum Gasteiger partial charge on any atom is 0.326 e. The Morgan fingerprint density at radius 1 is 1.39 bits per heavy atom. The highest BCUT2D eigenvalue weighted by Crippen LogP contribution is 1.95. The number of carbonyl (C=O) groups excluding carboxylic acids is 1. The molecule has 1 aliphatic rings. The molecule has 1 atom stereocenters. The van der Waals surface area contributed by atoms with Crippen molar-refractivity contribution in [1.29, 1.82) is 0 Å². The van der Waals surface area contributed by atoms with Crippen LogP contribution in [0.2, 0.25) is 0 Å². The molecule has 3 N–H and O–H groups in total. The number of rotatable bonds is 6. The van der Waals surface area contributed by atoms with Crippen molar-refractivity contribution in [2.45, 2.75) is 19.4 Å². The number of nitrogens with one attached hydrogen (secondary N) is 2. The minimum absolute atomic E-state index is 0.367. The Kier molecular flexibility index (Phi) is 6.45. The molecule has 0 bridgehead atoms. The highest BCUT2D eigenvalue weighted by Gasteiger charge is 2.17. The average molecular weight is 259 g/mol. The first kappa shape index (κ1) is 14.7. The fraction of sp³-hybridized carbons (Fsp3) is 0.818. The van der Waals surface area contributed by atoms with E-state index < -0.39 is 18.0 Å². The van der Waals surface area contributed by atoms with Crippen LogP contribution in [-0.4, -0.2) is 67.4 Å². The molecule has 1 rings (SSSR count). The summed E-state index contributed by atoms with van der Waals surface area (Å²) in [5, 5.41) is 13.9. The van der Waals surface area contributed by atoms with E-state index in [1.165, 1.54) is 0 Å². The quantitative estimate of drug-likeness (QED) is 0.597. The van der Waals surface area contributed by atoms with Crippen molar-refractivity contribution >= 4 is 12.0 Å². The van der Waals surface area contributed by atoms with Gasteiger partial charge in [-0.05, 0) is 6.42 Å². The average Bonchev–Trinajstić information content (AvgIpc) is 2.37. The molecule has 7 nitrogen and oxygen atoms in total. The largest absolute Gasteiger partial charge is 0.480 e. The lowest BCUT2D eigenvalue weighted by Crippen LogP contribution is -2.48. The molecule has 2 amide bonds. The second-order valence-electron chi connectivity index (χ2n) is 4.15. The molecule has 0 aliphatic carbocycles. The van der Waals surface area contributed by atoms with E-state index in [9.17, 15) is 9.59 Å². The van der Waals surface area contributed by atoms with Gasteiger partial charge in [0.25, 0.3) is 0 Å². The molecule has 1 fully saturated rings. The summed E-state index contributed by atoms with van der Waals surface area (Å²) in [6, 6.07) is -1.26. The van der Waals surface area contributed by atoms with E-state index in [0.717, 1.165) is 32.8 Å². The summed E-state index contributed by atoms with van der Waals surface area (Å²) >= 11 is 0. The monoisotopic (exact) mass is 259 g/mol. The van der Waals surface area contributed by atoms with Gasteiger partial charge in [0.1, 0.15) is 6.04 Å². The first-order valence-electron chi connectivity index (χ1n) is 6.20. The SMILES string of the molecule is CCC(NC(=O)NCCN1CCOCC1)C(=O)O. The van der Waals surface area contributed by atoms with Gasteiger partial charge in [-0.1, -0.05) is 6.92 Å². The normalized spacial score (nSPS) is 18.1. The van der Waals surface area contributed by atoms with Crippen LogP contribution in [0.1, 0.15) is 13.3 Å². The summed E-state index contributed by atoms with van der Waals surface area (Å²) in [5.74, 6) is -1.01. The lowest BCUT2D eigenvalue weighted by molar-refractivity contribution is -0.139. The number of carbonyl (C=O) groups is 2.